The summed E-state index contributed by atoms with van der Waals surface area (Å²) in [4.78, 5) is 11.6. The molecule has 21 heavy (non-hydrogen) atoms. The van der Waals surface area contributed by atoms with Crippen LogP contribution in [0.4, 0.5) is 9.52 Å². The molecule has 2 rings (SSSR count). The summed E-state index contributed by atoms with van der Waals surface area (Å²) in [5.41, 5.74) is 0.817. The molecular formula is C15H14FN3OS. The highest BCUT2D eigenvalue weighted by atomic mass is 32.1. The summed E-state index contributed by atoms with van der Waals surface area (Å²) < 4.78 is 13.1. The van der Waals surface area contributed by atoms with Crippen LogP contribution in [0.25, 0.3) is 0 Å². The van der Waals surface area contributed by atoms with E-state index >= 15 is 0 Å². The van der Waals surface area contributed by atoms with Crippen LogP contribution in [0.15, 0.2) is 48.6 Å². The number of nitrogens with zero attached hydrogens (tertiary/aromatic N) is 2. The molecular weight excluding hydrogens is 289 g/mol. The molecule has 1 aromatic carbocycles. The first-order valence-corrected chi connectivity index (χ1v) is 7.16. The maximum atomic E-state index is 13.1. The zero-order valence-corrected chi connectivity index (χ0v) is 12.2. The van der Waals surface area contributed by atoms with Crippen molar-refractivity contribution >= 4 is 22.4 Å². The number of hydrogen-bond acceptors (Lipinski definition) is 4. The highest BCUT2D eigenvalue weighted by Gasteiger charge is 2.07. The smallest absolute Gasteiger partial charge is 0.250 e. The quantitative estimate of drug-likeness (QED) is 0.681. The second kappa shape index (κ2) is 7.44. The molecule has 108 valence electrons. The van der Waals surface area contributed by atoms with Crippen molar-refractivity contribution in [1.29, 1.82) is 0 Å². The lowest BCUT2D eigenvalue weighted by atomic mass is 10.1. The van der Waals surface area contributed by atoms with Gasteiger partial charge < -0.3 is 0 Å². The van der Waals surface area contributed by atoms with Gasteiger partial charge in [0, 0.05) is 12.5 Å². The van der Waals surface area contributed by atoms with Crippen LogP contribution in [-0.2, 0) is 11.2 Å². The van der Waals surface area contributed by atoms with Crippen LogP contribution in [0.2, 0.25) is 0 Å². The Morgan fingerprint density at radius 1 is 1.38 bits per heavy atom. The van der Waals surface area contributed by atoms with Gasteiger partial charge in [-0.1, -0.05) is 41.7 Å². The predicted octanol–water partition coefficient (Wildman–Crippen LogP) is 3.34. The van der Waals surface area contributed by atoms with Crippen LogP contribution in [0.1, 0.15) is 17.5 Å². The molecule has 0 fully saturated rings. The highest BCUT2D eigenvalue weighted by molar-refractivity contribution is 7.15. The molecule has 0 aliphatic heterocycles. The van der Waals surface area contributed by atoms with E-state index < -0.39 is 0 Å². The molecule has 0 aliphatic rings. The van der Waals surface area contributed by atoms with Crippen molar-refractivity contribution in [3.63, 3.8) is 0 Å². The molecule has 1 heterocycles. The second-order valence-corrected chi connectivity index (χ2v) is 5.24. The molecule has 0 saturated carbocycles. The van der Waals surface area contributed by atoms with Crippen molar-refractivity contribution in [2.75, 3.05) is 5.32 Å². The average molecular weight is 303 g/mol. The zero-order chi connectivity index (χ0) is 15.1. The number of halogens is 1. The van der Waals surface area contributed by atoms with Crippen molar-refractivity contribution < 1.29 is 9.18 Å². The van der Waals surface area contributed by atoms with Crippen molar-refractivity contribution in [3.05, 3.63) is 65.0 Å². The summed E-state index contributed by atoms with van der Waals surface area (Å²) in [5.74, 6) is -0.541. The fourth-order valence-electron chi connectivity index (χ4n) is 1.60. The van der Waals surface area contributed by atoms with Gasteiger partial charge in [-0.15, -0.1) is 10.2 Å². The Bertz CT molecular complexity index is 679. The van der Waals surface area contributed by atoms with Gasteiger partial charge in [0.2, 0.25) is 11.0 Å². The van der Waals surface area contributed by atoms with Crippen molar-refractivity contribution in [1.82, 2.24) is 10.2 Å². The van der Waals surface area contributed by atoms with E-state index in [1.54, 1.807) is 18.2 Å². The third-order valence-corrected chi connectivity index (χ3v) is 3.33. The first-order chi connectivity index (χ1) is 10.2. The lowest BCUT2D eigenvalue weighted by Gasteiger charge is -1.96. The lowest BCUT2D eigenvalue weighted by Crippen LogP contribution is -2.07. The number of aromatic nitrogens is 2. The maximum absolute atomic E-state index is 13.1. The van der Waals surface area contributed by atoms with Gasteiger partial charge in [-0.2, -0.15) is 0 Å². The molecule has 1 amide bonds. The first-order valence-electron chi connectivity index (χ1n) is 6.34. The molecule has 0 saturated heterocycles. The molecule has 0 radical (unpaired) electrons. The van der Waals surface area contributed by atoms with Gasteiger partial charge >= 0.3 is 0 Å². The number of allylic oxidation sites excluding steroid dienone is 3. The Kier molecular flexibility index (Phi) is 5.34. The summed E-state index contributed by atoms with van der Waals surface area (Å²) in [6.45, 7) is 1.87. The van der Waals surface area contributed by atoms with Crippen molar-refractivity contribution in [2.24, 2.45) is 0 Å². The van der Waals surface area contributed by atoms with Crippen LogP contribution in [-0.4, -0.2) is 16.1 Å². The fraction of sp³-hybridized carbons (Fsp3) is 0.133. The van der Waals surface area contributed by atoms with Gasteiger partial charge in [0.1, 0.15) is 10.8 Å². The van der Waals surface area contributed by atoms with E-state index in [1.165, 1.54) is 29.5 Å². The van der Waals surface area contributed by atoms with Gasteiger partial charge in [0.25, 0.3) is 0 Å². The molecule has 0 atom stereocenters. The lowest BCUT2D eigenvalue weighted by molar-refractivity contribution is -0.111. The number of benzene rings is 1. The van der Waals surface area contributed by atoms with Crippen LogP contribution in [0.3, 0.4) is 0 Å². The standard InChI is InChI=1S/C15H14FN3OS/c1-2-3-4-8-13(20)17-15-19-18-14(21-15)10-11-6-5-7-12(16)9-11/h2-9H,10H2,1H3,(H,17,19,20)/b3-2+,8-4+. The molecule has 1 aromatic heterocycles. The van der Waals surface area contributed by atoms with Gasteiger partial charge in [0.15, 0.2) is 0 Å². The first kappa shape index (κ1) is 15.1. The predicted molar refractivity (Wildman–Crippen MR) is 81.7 cm³/mol. The molecule has 0 aliphatic carbocycles. The highest BCUT2D eigenvalue weighted by Crippen LogP contribution is 2.18. The summed E-state index contributed by atoms with van der Waals surface area (Å²) in [7, 11) is 0. The summed E-state index contributed by atoms with van der Waals surface area (Å²) in [6, 6.07) is 6.33. The van der Waals surface area contributed by atoms with E-state index in [-0.39, 0.29) is 11.7 Å². The Balaban J connectivity index is 1.97. The van der Waals surface area contributed by atoms with Crippen molar-refractivity contribution in [3.8, 4) is 0 Å². The van der Waals surface area contributed by atoms with Gasteiger partial charge in [0.05, 0.1) is 0 Å². The van der Waals surface area contributed by atoms with Crippen LogP contribution in [0, 0.1) is 5.82 Å². The zero-order valence-electron chi connectivity index (χ0n) is 11.4. The number of rotatable bonds is 5. The van der Waals surface area contributed by atoms with E-state index in [1.807, 2.05) is 19.1 Å². The van der Waals surface area contributed by atoms with Crippen LogP contribution < -0.4 is 5.32 Å². The van der Waals surface area contributed by atoms with E-state index in [9.17, 15) is 9.18 Å². The number of carbonyl (C=O) groups excluding carboxylic acids is 1. The molecule has 6 heteroatoms. The third-order valence-electron chi connectivity index (χ3n) is 2.49. The Morgan fingerprint density at radius 3 is 3.00 bits per heavy atom. The topological polar surface area (TPSA) is 54.9 Å². The summed E-state index contributed by atoms with van der Waals surface area (Å²) >= 11 is 1.27. The average Bonchev–Trinajstić information content (AvgIpc) is 2.86. The minimum atomic E-state index is -0.278. The number of hydrogen-bond donors (Lipinski definition) is 1. The number of nitrogens with one attached hydrogen (secondary N) is 1. The van der Waals surface area contributed by atoms with E-state index in [0.717, 1.165) is 5.56 Å². The molecule has 1 N–H and O–H groups in total. The molecule has 0 bridgehead atoms. The van der Waals surface area contributed by atoms with Gasteiger partial charge in [-0.3, -0.25) is 10.1 Å². The Morgan fingerprint density at radius 2 is 2.24 bits per heavy atom. The minimum Gasteiger partial charge on any atom is -0.297 e. The summed E-state index contributed by atoms with van der Waals surface area (Å²) in [6.07, 6.45) is 7.12. The minimum absolute atomic E-state index is 0.262. The second-order valence-electron chi connectivity index (χ2n) is 4.18. The van der Waals surface area contributed by atoms with E-state index in [4.69, 9.17) is 0 Å². The molecule has 0 spiro atoms. The molecule has 2 aromatic rings. The summed E-state index contributed by atoms with van der Waals surface area (Å²) in [5, 5.41) is 11.7. The van der Waals surface area contributed by atoms with E-state index in [2.05, 4.69) is 15.5 Å². The van der Waals surface area contributed by atoms with Crippen LogP contribution in [0.5, 0.6) is 0 Å². The fourth-order valence-corrected chi connectivity index (χ4v) is 2.38. The Labute approximate surface area is 126 Å². The monoisotopic (exact) mass is 303 g/mol. The maximum Gasteiger partial charge on any atom is 0.250 e. The van der Waals surface area contributed by atoms with Crippen molar-refractivity contribution in [2.45, 2.75) is 13.3 Å². The molecule has 0 unspecified atom stereocenters. The Hall–Kier alpha value is -2.34. The number of amides is 1. The van der Waals surface area contributed by atoms with Crippen LogP contribution >= 0.6 is 11.3 Å². The SMILES string of the molecule is C/C=C/C=C/C(=O)Nc1nnc(Cc2cccc(F)c2)s1. The molecule has 4 nitrogen and oxygen atoms in total. The van der Waals surface area contributed by atoms with Gasteiger partial charge in [-0.25, -0.2) is 4.39 Å². The largest absolute Gasteiger partial charge is 0.297 e. The number of carbonyl (C=O) groups is 1. The number of anilines is 1. The van der Waals surface area contributed by atoms with E-state index in [0.29, 0.717) is 16.6 Å². The van der Waals surface area contributed by atoms with Gasteiger partial charge in [-0.05, 0) is 24.6 Å². The normalized spacial score (nSPS) is 11.3. The third kappa shape index (κ3) is 4.92.